The van der Waals surface area contributed by atoms with Gasteiger partial charge in [-0.05, 0) is 47.5 Å². The van der Waals surface area contributed by atoms with E-state index in [1.165, 1.54) is 0 Å². The van der Waals surface area contributed by atoms with E-state index in [0.29, 0.717) is 11.4 Å². The van der Waals surface area contributed by atoms with E-state index in [0.717, 1.165) is 44.9 Å². The van der Waals surface area contributed by atoms with Crippen LogP contribution in [0, 0.1) is 0 Å². The van der Waals surface area contributed by atoms with E-state index in [9.17, 15) is 0 Å². The summed E-state index contributed by atoms with van der Waals surface area (Å²) in [5, 5.41) is 0. The van der Waals surface area contributed by atoms with Crippen molar-refractivity contribution in [2.24, 2.45) is 0 Å². The van der Waals surface area contributed by atoms with Gasteiger partial charge in [0.1, 0.15) is 11.5 Å². The standard InChI is InChI=1S/C26H24N2O2/c1-29-25-13-11-17(15-21(25)19-7-3-5-9-23(19)27)18-12-14-26(30-2)22(16-18)20-8-4-6-10-24(20)28/h3-16H,27-28H2,1-2H3. The monoisotopic (exact) mass is 396 g/mol. The van der Waals surface area contributed by atoms with Crippen molar-refractivity contribution in [2.75, 3.05) is 25.7 Å². The number of nitrogen functional groups attached to an aromatic ring is 2. The van der Waals surface area contributed by atoms with Gasteiger partial charge in [-0.1, -0.05) is 48.5 Å². The van der Waals surface area contributed by atoms with E-state index in [-0.39, 0.29) is 0 Å². The molecule has 4 aromatic rings. The van der Waals surface area contributed by atoms with Crippen molar-refractivity contribution in [3.05, 3.63) is 84.9 Å². The zero-order valence-corrected chi connectivity index (χ0v) is 17.1. The Kier molecular flexibility index (Phi) is 5.31. The van der Waals surface area contributed by atoms with Crippen molar-refractivity contribution >= 4 is 11.4 Å². The Hall–Kier alpha value is -3.92. The predicted molar refractivity (Wildman–Crippen MR) is 125 cm³/mol. The molecule has 0 unspecified atom stereocenters. The maximum Gasteiger partial charge on any atom is 0.126 e. The number of anilines is 2. The number of para-hydroxylation sites is 2. The third kappa shape index (κ3) is 3.55. The number of nitrogens with two attached hydrogens (primary N) is 2. The lowest BCUT2D eigenvalue weighted by Crippen LogP contribution is -1.95. The fourth-order valence-corrected chi connectivity index (χ4v) is 3.68. The van der Waals surface area contributed by atoms with Crippen molar-refractivity contribution < 1.29 is 9.47 Å². The smallest absolute Gasteiger partial charge is 0.126 e. The molecule has 0 atom stereocenters. The van der Waals surface area contributed by atoms with Crippen molar-refractivity contribution in [1.29, 1.82) is 0 Å². The van der Waals surface area contributed by atoms with Gasteiger partial charge in [0.05, 0.1) is 14.2 Å². The fourth-order valence-electron chi connectivity index (χ4n) is 3.68. The lowest BCUT2D eigenvalue weighted by molar-refractivity contribution is 0.416. The lowest BCUT2D eigenvalue weighted by Gasteiger charge is -2.15. The van der Waals surface area contributed by atoms with Crippen LogP contribution < -0.4 is 20.9 Å². The topological polar surface area (TPSA) is 70.5 Å². The van der Waals surface area contributed by atoms with Crippen LogP contribution in [0.25, 0.3) is 33.4 Å². The minimum absolute atomic E-state index is 0.709. The highest BCUT2D eigenvalue weighted by atomic mass is 16.5. The highest BCUT2D eigenvalue weighted by Crippen LogP contribution is 2.40. The lowest BCUT2D eigenvalue weighted by atomic mass is 9.94. The van der Waals surface area contributed by atoms with Crippen LogP contribution in [0.1, 0.15) is 0 Å². The highest BCUT2D eigenvalue weighted by Gasteiger charge is 2.14. The molecule has 0 aliphatic heterocycles. The molecule has 4 heteroatoms. The third-order valence-corrected chi connectivity index (χ3v) is 5.23. The van der Waals surface area contributed by atoms with Crippen LogP contribution in [0.2, 0.25) is 0 Å². The highest BCUT2D eigenvalue weighted by molar-refractivity contribution is 5.87. The number of hydrogen-bond acceptors (Lipinski definition) is 4. The van der Waals surface area contributed by atoms with Crippen LogP contribution in [0.15, 0.2) is 84.9 Å². The molecule has 0 aliphatic carbocycles. The first kappa shape index (κ1) is 19.4. The Labute approximate surface area is 176 Å². The molecule has 4 nitrogen and oxygen atoms in total. The van der Waals surface area contributed by atoms with Crippen molar-refractivity contribution in [2.45, 2.75) is 0 Å². The van der Waals surface area contributed by atoms with E-state index in [1.54, 1.807) is 14.2 Å². The fraction of sp³-hybridized carbons (Fsp3) is 0.0769. The van der Waals surface area contributed by atoms with E-state index in [1.807, 2.05) is 72.8 Å². The maximum absolute atomic E-state index is 6.23. The SMILES string of the molecule is COc1ccc(-c2ccc(OC)c(-c3ccccc3N)c2)cc1-c1ccccc1N. The number of rotatable bonds is 5. The first-order valence-corrected chi connectivity index (χ1v) is 9.68. The predicted octanol–water partition coefficient (Wildman–Crippen LogP) is 5.87. The zero-order valence-electron chi connectivity index (χ0n) is 17.1. The number of methoxy groups -OCH3 is 2. The normalized spacial score (nSPS) is 10.6. The van der Waals surface area contributed by atoms with Crippen LogP contribution in [0.5, 0.6) is 11.5 Å². The molecule has 0 saturated carbocycles. The summed E-state index contributed by atoms with van der Waals surface area (Å²) in [7, 11) is 3.34. The second-order valence-electron chi connectivity index (χ2n) is 7.00. The van der Waals surface area contributed by atoms with Gasteiger partial charge in [0, 0.05) is 33.6 Å². The Bertz CT molecular complexity index is 1110. The molecule has 4 rings (SSSR count). The zero-order chi connectivity index (χ0) is 21.1. The Morgan fingerprint density at radius 2 is 0.900 bits per heavy atom. The van der Waals surface area contributed by atoms with E-state index in [2.05, 4.69) is 12.1 Å². The molecular weight excluding hydrogens is 372 g/mol. The Morgan fingerprint density at radius 3 is 1.27 bits per heavy atom. The minimum atomic E-state index is 0.709. The maximum atomic E-state index is 6.23. The Morgan fingerprint density at radius 1 is 0.500 bits per heavy atom. The van der Waals surface area contributed by atoms with Gasteiger partial charge in [-0.3, -0.25) is 0 Å². The first-order chi connectivity index (χ1) is 14.6. The molecule has 4 N–H and O–H groups in total. The van der Waals surface area contributed by atoms with Gasteiger partial charge < -0.3 is 20.9 Å². The van der Waals surface area contributed by atoms with Crippen LogP contribution in [-0.4, -0.2) is 14.2 Å². The molecule has 150 valence electrons. The first-order valence-electron chi connectivity index (χ1n) is 9.68. The molecule has 4 aromatic carbocycles. The van der Waals surface area contributed by atoms with Gasteiger partial charge in [-0.15, -0.1) is 0 Å². The van der Waals surface area contributed by atoms with Crippen LogP contribution in [0.3, 0.4) is 0 Å². The molecule has 30 heavy (non-hydrogen) atoms. The second kappa shape index (κ2) is 8.21. The summed E-state index contributed by atoms with van der Waals surface area (Å²) in [6.07, 6.45) is 0. The summed E-state index contributed by atoms with van der Waals surface area (Å²) >= 11 is 0. The molecular formula is C26H24N2O2. The number of hydrogen-bond donors (Lipinski definition) is 2. The van der Waals surface area contributed by atoms with E-state index < -0.39 is 0 Å². The molecule has 0 spiro atoms. The molecule has 0 fully saturated rings. The summed E-state index contributed by atoms with van der Waals surface area (Å²) in [4.78, 5) is 0. The number of benzene rings is 4. The van der Waals surface area contributed by atoms with Crippen molar-refractivity contribution in [3.8, 4) is 44.9 Å². The summed E-state index contributed by atoms with van der Waals surface area (Å²) in [6.45, 7) is 0. The molecule has 0 heterocycles. The molecule has 0 bridgehead atoms. The molecule has 0 radical (unpaired) electrons. The Balaban J connectivity index is 1.88. The van der Waals surface area contributed by atoms with E-state index >= 15 is 0 Å². The molecule has 0 amide bonds. The summed E-state index contributed by atoms with van der Waals surface area (Å²) < 4.78 is 11.2. The van der Waals surface area contributed by atoms with Crippen LogP contribution in [-0.2, 0) is 0 Å². The van der Waals surface area contributed by atoms with Crippen LogP contribution >= 0.6 is 0 Å². The van der Waals surface area contributed by atoms with Gasteiger partial charge in [0.15, 0.2) is 0 Å². The van der Waals surface area contributed by atoms with Gasteiger partial charge in [-0.2, -0.15) is 0 Å². The van der Waals surface area contributed by atoms with E-state index in [4.69, 9.17) is 20.9 Å². The summed E-state index contributed by atoms with van der Waals surface area (Å²) in [5.74, 6) is 1.55. The molecule has 0 saturated heterocycles. The van der Waals surface area contributed by atoms with Gasteiger partial charge in [0.25, 0.3) is 0 Å². The van der Waals surface area contributed by atoms with Gasteiger partial charge in [0.2, 0.25) is 0 Å². The molecule has 0 aliphatic rings. The summed E-state index contributed by atoms with van der Waals surface area (Å²) in [6, 6.07) is 27.8. The van der Waals surface area contributed by atoms with Gasteiger partial charge >= 0.3 is 0 Å². The third-order valence-electron chi connectivity index (χ3n) is 5.23. The quantitative estimate of drug-likeness (QED) is 0.414. The number of ether oxygens (including phenoxy) is 2. The van der Waals surface area contributed by atoms with Crippen LogP contribution in [0.4, 0.5) is 11.4 Å². The molecule has 0 aromatic heterocycles. The van der Waals surface area contributed by atoms with Crippen molar-refractivity contribution in [1.82, 2.24) is 0 Å². The van der Waals surface area contributed by atoms with Gasteiger partial charge in [-0.25, -0.2) is 0 Å². The van der Waals surface area contributed by atoms with Crippen molar-refractivity contribution in [3.63, 3.8) is 0 Å². The largest absolute Gasteiger partial charge is 0.496 e. The average Bonchev–Trinajstić information content (AvgIpc) is 2.79. The minimum Gasteiger partial charge on any atom is -0.496 e. The summed E-state index contributed by atoms with van der Waals surface area (Å²) in [5.41, 5.74) is 19.8. The second-order valence-corrected chi connectivity index (χ2v) is 7.00. The average molecular weight is 396 g/mol.